The number of hydrogen-bond acceptors (Lipinski definition) is 6. The molecule has 1 aromatic carbocycles. The van der Waals surface area contributed by atoms with E-state index in [4.69, 9.17) is 9.15 Å². The van der Waals surface area contributed by atoms with Gasteiger partial charge in [-0.05, 0) is 31.4 Å². The zero-order valence-corrected chi connectivity index (χ0v) is 16.1. The van der Waals surface area contributed by atoms with Gasteiger partial charge in [-0.1, -0.05) is 19.1 Å². The topological polar surface area (TPSA) is 76.8 Å². The molecule has 2 aromatic rings. The SMILES string of the molecule is CCc1ccc2c(COC(=O)[C@H]3CS[C@@]4(C)CCC(=O)N34)cc(=O)oc2c1. The fourth-order valence-corrected chi connectivity index (χ4v) is 5.27. The summed E-state index contributed by atoms with van der Waals surface area (Å²) < 4.78 is 10.8. The first-order valence-electron chi connectivity index (χ1n) is 9.10. The van der Waals surface area contributed by atoms with Crippen molar-refractivity contribution in [3.8, 4) is 0 Å². The van der Waals surface area contributed by atoms with Crippen LogP contribution in [0, 0.1) is 0 Å². The Morgan fingerprint density at radius 1 is 1.37 bits per heavy atom. The average molecular weight is 387 g/mol. The maximum atomic E-state index is 12.6. The molecule has 2 saturated heterocycles. The zero-order valence-electron chi connectivity index (χ0n) is 15.3. The number of thioether (sulfide) groups is 1. The fraction of sp³-hybridized carbons (Fsp3) is 0.450. The van der Waals surface area contributed by atoms with Crippen molar-refractivity contribution in [2.75, 3.05) is 5.75 Å². The van der Waals surface area contributed by atoms with Gasteiger partial charge in [0.2, 0.25) is 5.91 Å². The van der Waals surface area contributed by atoms with Crippen molar-refractivity contribution in [3.05, 3.63) is 45.8 Å². The summed E-state index contributed by atoms with van der Waals surface area (Å²) in [4.78, 5) is 38.1. The van der Waals surface area contributed by atoms with Gasteiger partial charge in [0, 0.05) is 29.2 Å². The number of carbonyl (C=O) groups is 2. The highest BCUT2D eigenvalue weighted by atomic mass is 32.2. The summed E-state index contributed by atoms with van der Waals surface area (Å²) >= 11 is 1.63. The lowest BCUT2D eigenvalue weighted by molar-refractivity contribution is -0.154. The molecule has 0 spiro atoms. The van der Waals surface area contributed by atoms with Crippen molar-refractivity contribution >= 4 is 34.6 Å². The number of carbonyl (C=O) groups excluding carboxylic acids is 2. The second-order valence-corrected chi connectivity index (χ2v) is 8.65. The van der Waals surface area contributed by atoms with Crippen LogP contribution in [0.25, 0.3) is 11.0 Å². The summed E-state index contributed by atoms with van der Waals surface area (Å²) in [6, 6.07) is 6.48. The van der Waals surface area contributed by atoms with Gasteiger partial charge in [-0.2, -0.15) is 0 Å². The van der Waals surface area contributed by atoms with Crippen LogP contribution in [0.5, 0.6) is 0 Å². The van der Waals surface area contributed by atoms with E-state index < -0.39 is 17.6 Å². The summed E-state index contributed by atoms with van der Waals surface area (Å²) in [5.41, 5.74) is 1.69. The summed E-state index contributed by atoms with van der Waals surface area (Å²) in [5, 5.41) is 0.752. The van der Waals surface area contributed by atoms with Crippen LogP contribution >= 0.6 is 11.8 Å². The molecule has 2 atom stereocenters. The number of ether oxygens (including phenoxy) is 1. The number of rotatable bonds is 4. The summed E-state index contributed by atoms with van der Waals surface area (Å²) in [7, 11) is 0. The van der Waals surface area contributed by atoms with Crippen LogP contribution in [0.4, 0.5) is 0 Å². The summed E-state index contributed by atoms with van der Waals surface area (Å²) in [5.74, 6) is 0.119. The minimum atomic E-state index is -0.562. The van der Waals surface area contributed by atoms with Crippen molar-refractivity contribution < 1.29 is 18.7 Å². The molecule has 142 valence electrons. The molecule has 0 N–H and O–H groups in total. The Hall–Kier alpha value is -2.28. The first-order valence-corrected chi connectivity index (χ1v) is 10.1. The molecule has 6 nitrogen and oxygen atoms in total. The lowest BCUT2D eigenvalue weighted by Gasteiger charge is -2.29. The number of hydrogen-bond donors (Lipinski definition) is 0. The highest BCUT2D eigenvalue weighted by Crippen LogP contribution is 2.47. The molecule has 2 aliphatic heterocycles. The third-order valence-corrected chi connectivity index (χ3v) is 6.89. The largest absolute Gasteiger partial charge is 0.459 e. The van der Waals surface area contributed by atoms with Crippen LogP contribution in [0.1, 0.15) is 37.8 Å². The van der Waals surface area contributed by atoms with E-state index in [2.05, 4.69) is 0 Å². The second-order valence-electron chi connectivity index (χ2n) is 7.15. The third kappa shape index (κ3) is 3.14. The minimum Gasteiger partial charge on any atom is -0.459 e. The predicted molar refractivity (Wildman–Crippen MR) is 102 cm³/mol. The van der Waals surface area contributed by atoms with Crippen LogP contribution in [0.15, 0.2) is 33.5 Å². The minimum absolute atomic E-state index is 0.00218. The highest BCUT2D eigenvalue weighted by Gasteiger charge is 2.53. The molecule has 3 heterocycles. The Labute approximate surface area is 160 Å². The highest BCUT2D eigenvalue weighted by molar-refractivity contribution is 8.01. The second kappa shape index (κ2) is 6.71. The Kier molecular flexibility index (Phi) is 4.50. The van der Waals surface area contributed by atoms with Crippen LogP contribution in [-0.2, 0) is 27.4 Å². The van der Waals surface area contributed by atoms with E-state index in [1.807, 2.05) is 32.0 Å². The van der Waals surface area contributed by atoms with Crippen molar-refractivity contribution in [1.82, 2.24) is 4.90 Å². The summed E-state index contributed by atoms with van der Waals surface area (Å²) in [6.45, 7) is 4.00. The van der Waals surface area contributed by atoms with E-state index in [0.29, 0.717) is 23.3 Å². The molecular formula is C20H21NO5S. The predicted octanol–water partition coefficient (Wildman–Crippen LogP) is 2.85. The molecule has 0 bridgehead atoms. The van der Waals surface area contributed by atoms with Gasteiger partial charge >= 0.3 is 11.6 Å². The van der Waals surface area contributed by atoms with E-state index in [-0.39, 0.29) is 17.4 Å². The first-order chi connectivity index (χ1) is 12.9. The monoisotopic (exact) mass is 387 g/mol. The maximum absolute atomic E-state index is 12.6. The number of amides is 1. The molecule has 2 fully saturated rings. The van der Waals surface area contributed by atoms with Gasteiger partial charge in [0.1, 0.15) is 18.2 Å². The van der Waals surface area contributed by atoms with Gasteiger partial charge in [0.15, 0.2) is 0 Å². The van der Waals surface area contributed by atoms with Gasteiger partial charge in [0.05, 0.1) is 4.87 Å². The number of aryl methyl sites for hydroxylation is 1. The molecule has 27 heavy (non-hydrogen) atoms. The van der Waals surface area contributed by atoms with Crippen LogP contribution in [-0.4, -0.2) is 33.4 Å². The maximum Gasteiger partial charge on any atom is 0.336 e. The number of esters is 1. The Morgan fingerprint density at radius 3 is 2.96 bits per heavy atom. The Balaban J connectivity index is 1.54. The molecular weight excluding hydrogens is 366 g/mol. The van der Waals surface area contributed by atoms with Crippen molar-refractivity contribution in [3.63, 3.8) is 0 Å². The van der Waals surface area contributed by atoms with E-state index in [1.54, 1.807) is 16.7 Å². The van der Waals surface area contributed by atoms with E-state index >= 15 is 0 Å². The van der Waals surface area contributed by atoms with Crippen LogP contribution < -0.4 is 5.63 Å². The number of nitrogens with zero attached hydrogens (tertiary/aromatic N) is 1. The first kappa shape index (κ1) is 18.1. The standard InChI is InChI=1S/C20H21NO5S/c1-3-12-4-5-14-13(9-18(23)26-16(14)8-12)10-25-19(24)15-11-27-20(2)7-6-17(22)21(15)20/h4-5,8-9,15H,3,6-7,10-11H2,1-2H3/t15-,20+/m1/s1. The average Bonchev–Trinajstić information content (AvgIpc) is 3.14. The number of benzene rings is 1. The van der Waals surface area contributed by atoms with Crippen LogP contribution in [0.3, 0.4) is 0 Å². The van der Waals surface area contributed by atoms with Crippen LogP contribution in [0.2, 0.25) is 0 Å². The van der Waals surface area contributed by atoms with Gasteiger partial charge in [-0.25, -0.2) is 9.59 Å². The van der Waals surface area contributed by atoms with Gasteiger partial charge in [-0.15, -0.1) is 11.8 Å². The summed E-state index contributed by atoms with van der Waals surface area (Å²) in [6.07, 6.45) is 2.06. The smallest absolute Gasteiger partial charge is 0.336 e. The van der Waals surface area contributed by atoms with E-state index in [0.717, 1.165) is 23.8 Å². The van der Waals surface area contributed by atoms with Gasteiger partial charge in [-0.3, -0.25) is 4.79 Å². The van der Waals surface area contributed by atoms with Gasteiger partial charge in [0.25, 0.3) is 0 Å². The van der Waals surface area contributed by atoms with E-state index in [1.165, 1.54) is 6.07 Å². The molecule has 0 unspecified atom stereocenters. The third-order valence-electron chi connectivity index (χ3n) is 5.39. The van der Waals surface area contributed by atoms with E-state index in [9.17, 15) is 14.4 Å². The molecule has 4 rings (SSSR count). The quantitative estimate of drug-likeness (QED) is 0.593. The fourth-order valence-electron chi connectivity index (χ4n) is 3.85. The zero-order chi connectivity index (χ0) is 19.2. The van der Waals surface area contributed by atoms with Crippen molar-refractivity contribution in [1.29, 1.82) is 0 Å². The van der Waals surface area contributed by atoms with Crippen molar-refractivity contribution in [2.45, 2.75) is 50.6 Å². The lowest BCUT2D eigenvalue weighted by atomic mass is 10.1. The Bertz CT molecular complexity index is 984. The molecule has 0 aliphatic carbocycles. The lowest BCUT2D eigenvalue weighted by Crippen LogP contribution is -2.46. The normalized spacial score (nSPS) is 24.4. The molecule has 7 heteroatoms. The molecule has 0 radical (unpaired) electrons. The molecule has 1 amide bonds. The molecule has 0 saturated carbocycles. The Morgan fingerprint density at radius 2 is 2.19 bits per heavy atom. The molecule has 1 aromatic heterocycles. The molecule has 2 aliphatic rings. The van der Waals surface area contributed by atoms with Crippen molar-refractivity contribution in [2.24, 2.45) is 0 Å². The van der Waals surface area contributed by atoms with Gasteiger partial charge < -0.3 is 14.1 Å². The number of fused-ring (bicyclic) bond motifs is 2.